The fourth-order valence-corrected chi connectivity index (χ4v) is 3.85. The molecule has 8 nitrogen and oxygen atoms in total. The number of carbonyl (C=O) groups is 2. The first-order valence-corrected chi connectivity index (χ1v) is 10.9. The quantitative estimate of drug-likeness (QED) is 0.300. The highest BCUT2D eigenvalue weighted by Gasteiger charge is 2.35. The van der Waals surface area contributed by atoms with E-state index in [1.165, 1.54) is 32.3 Å². The molecular formula is C26H22N2O6S. The molecule has 1 heterocycles. The van der Waals surface area contributed by atoms with Gasteiger partial charge in [0.1, 0.15) is 17.1 Å². The fourth-order valence-electron chi connectivity index (χ4n) is 3.57. The molecule has 0 atom stereocenters. The molecule has 4 rings (SSSR count). The molecule has 1 aliphatic heterocycles. The van der Waals surface area contributed by atoms with E-state index in [1.54, 1.807) is 36.4 Å². The van der Waals surface area contributed by atoms with E-state index < -0.39 is 11.8 Å². The number of anilines is 1. The molecule has 178 valence electrons. The lowest BCUT2D eigenvalue weighted by molar-refractivity contribution is -0.122. The van der Waals surface area contributed by atoms with Crippen LogP contribution < -0.4 is 29.2 Å². The number of rotatable bonds is 7. The number of benzene rings is 3. The van der Waals surface area contributed by atoms with Crippen LogP contribution in [-0.2, 0) is 9.59 Å². The molecule has 0 radical (unpaired) electrons. The highest BCUT2D eigenvalue weighted by molar-refractivity contribution is 7.80. The van der Waals surface area contributed by atoms with Crippen molar-refractivity contribution >= 4 is 40.9 Å². The van der Waals surface area contributed by atoms with Gasteiger partial charge in [-0.05, 0) is 66.8 Å². The number of nitrogens with one attached hydrogen (secondary N) is 1. The number of hydrogen-bond acceptors (Lipinski definition) is 7. The molecule has 35 heavy (non-hydrogen) atoms. The van der Waals surface area contributed by atoms with Gasteiger partial charge in [-0.15, -0.1) is 0 Å². The third kappa shape index (κ3) is 4.80. The van der Waals surface area contributed by atoms with Crippen LogP contribution >= 0.6 is 12.2 Å². The number of thiocarbonyl (C=S) groups is 1. The van der Waals surface area contributed by atoms with Crippen LogP contribution in [0.2, 0.25) is 0 Å². The van der Waals surface area contributed by atoms with Crippen LogP contribution in [-0.4, -0.2) is 38.3 Å². The van der Waals surface area contributed by atoms with Gasteiger partial charge < -0.3 is 18.9 Å². The summed E-state index contributed by atoms with van der Waals surface area (Å²) in [7, 11) is 4.44. The number of methoxy groups -OCH3 is 3. The zero-order chi connectivity index (χ0) is 24.9. The van der Waals surface area contributed by atoms with E-state index in [1.807, 2.05) is 30.3 Å². The third-order valence-electron chi connectivity index (χ3n) is 5.21. The molecule has 0 aliphatic carbocycles. The molecule has 3 aromatic carbocycles. The number of nitrogens with zero attached hydrogens (tertiary/aromatic N) is 1. The third-order valence-corrected chi connectivity index (χ3v) is 5.49. The monoisotopic (exact) mass is 490 g/mol. The van der Waals surface area contributed by atoms with E-state index in [0.717, 1.165) is 0 Å². The fraction of sp³-hybridized carbons (Fsp3) is 0.115. The first-order valence-electron chi connectivity index (χ1n) is 10.5. The molecule has 1 fully saturated rings. The van der Waals surface area contributed by atoms with E-state index >= 15 is 0 Å². The normalized spacial score (nSPS) is 14.5. The van der Waals surface area contributed by atoms with E-state index in [4.69, 9.17) is 31.2 Å². The van der Waals surface area contributed by atoms with E-state index in [9.17, 15) is 9.59 Å². The van der Waals surface area contributed by atoms with Crippen LogP contribution in [0.4, 0.5) is 5.69 Å². The Morgan fingerprint density at radius 3 is 2.09 bits per heavy atom. The standard InChI is InChI=1S/C26H22N2O6S/c1-31-21-14-9-16(22(32-2)23(21)33-3)15-20-24(29)27-26(35)28(25(20)30)17-10-12-19(13-11-17)34-18-7-5-4-6-8-18/h4-15H,1-3H3,(H,27,29,35)/b20-15+. The van der Waals surface area contributed by atoms with Gasteiger partial charge in [0, 0.05) is 5.56 Å². The van der Waals surface area contributed by atoms with Crippen molar-refractivity contribution in [1.82, 2.24) is 5.32 Å². The van der Waals surface area contributed by atoms with Crippen LogP contribution in [0.5, 0.6) is 28.7 Å². The maximum absolute atomic E-state index is 13.4. The Balaban J connectivity index is 1.66. The Morgan fingerprint density at radius 1 is 0.800 bits per heavy atom. The molecule has 1 saturated heterocycles. The van der Waals surface area contributed by atoms with Gasteiger partial charge in [-0.1, -0.05) is 18.2 Å². The minimum Gasteiger partial charge on any atom is -0.493 e. The molecule has 0 unspecified atom stereocenters. The summed E-state index contributed by atoms with van der Waals surface area (Å²) in [6.07, 6.45) is 1.43. The van der Waals surface area contributed by atoms with E-state index in [0.29, 0.717) is 40.0 Å². The van der Waals surface area contributed by atoms with Crippen molar-refractivity contribution in [3.05, 3.63) is 77.9 Å². The minimum atomic E-state index is -0.614. The maximum Gasteiger partial charge on any atom is 0.270 e. The summed E-state index contributed by atoms with van der Waals surface area (Å²) in [4.78, 5) is 27.3. The van der Waals surface area contributed by atoms with Crippen LogP contribution in [0.25, 0.3) is 6.08 Å². The van der Waals surface area contributed by atoms with Gasteiger partial charge in [-0.2, -0.15) is 0 Å². The average Bonchev–Trinajstić information content (AvgIpc) is 2.87. The minimum absolute atomic E-state index is 0.0202. The molecule has 1 aliphatic rings. The zero-order valence-electron chi connectivity index (χ0n) is 19.2. The number of ether oxygens (including phenoxy) is 4. The molecule has 3 aromatic rings. The highest BCUT2D eigenvalue weighted by atomic mass is 32.1. The van der Waals surface area contributed by atoms with Crippen molar-refractivity contribution < 1.29 is 28.5 Å². The molecule has 1 N–H and O–H groups in total. The van der Waals surface area contributed by atoms with Crippen LogP contribution in [0.15, 0.2) is 72.3 Å². The molecule has 9 heteroatoms. The average molecular weight is 491 g/mol. The zero-order valence-corrected chi connectivity index (χ0v) is 20.0. The van der Waals surface area contributed by atoms with Crippen LogP contribution in [0.3, 0.4) is 0 Å². The van der Waals surface area contributed by atoms with Crippen LogP contribution in [0.1, 0.15) is 5.56 Å². The summed E-state index contributed by atoms with van der Waals surface area (Å²) in [5, 5.41) is 2.55. The Hall–Kier alpha value is -4.37. The van der Waals surface area contributed by atoms with Crippen molar-refractivity contribution in [3.63, 3.8) is 0 Å². The Morgan fingerprint density at radius 2 is 1.46 bits per heavy atom. The lowest BCUT2D eigenvalue weighted by atomic mass is 10.1. The molecular weight excluding hydrogens is 468 g/mol. The second-order valence-corrected chi connectivity index (χ2v) is 7.68. The summed E-state index contributed by atoms with van der Waals surface area (Å²) in [6, 6.07) is 19.5. The van der Waals surface area contributed by atoms with Gasteiger partial charge in [0.05, 0.1) is 27.0 Å². The molecule has 2 amide bonds. The topological polar surface area (TPSA) is 86.3 Å². The number of hydrogen-bond donors (Lipinski definition) is 1. The molecule has 0 spiro atoms. The first kappa shape index (κ1) is 23.8. The summed E-state index contributed by atoms with van der Waals surface area (Å²) >= 11 is 5.29. The number of amides is 2. The van der Waals surface area contributed by atoms with Crippen molar-refractivity contribution in [3.8, 4) is 28.7 Å². The van der Waals surface area contributed by atoms with E-state index in [2.05, 4.69) is 5.32 Å². The molecule has 0 bridgehead atoms. The summed E-state index contributed by atoms with van der Waals surface area (Å²) in [6.45, 7) is 0. The number of para-hydroxylation sites is 1. The van der Waals surface area contributed by atoms with Gasteiger partial charge in [0.25, 0.3) is 11.8 Å². The van der Waals surface area contributed by atoms with Crippen molar-refractivity contribution in [1.29, 1.82) is 0 Å². The molecule has 0 saturated carbocycles. The van der Waals surface area contributed by atoms with E-state index in [-0.39, 0.29) is 10.7 Å². The SMILES string of the molecule is COc1ccc(/C=C2\C(=O)NC(=S)N(c3ccc(Oc4ccccc4)cc3)C2=O)c(OC)c1OC. The van der Waals surface area contributed by atoms with Crippen molar-refractivity contribution in [2.45, 2.75) is 0 Å². The van der Waals surface area contributed by atoms with Gasteiger partial charge in [-0.25, -0.2) is 0 Å². The predicted octanol–water partition coefficient (Wildman–Crippen LogP) is 4.34. The highest BCUT2D eigenvalue weighted by Crippen LogP contribution is 2.41. The van der Waals surface area contributed by atoms with Crippen molar-refractivity contribution in [2.75, 3.05) is 26.2 Å². The summed E-state index contributed by atoms with van der Waals surface area (Å²) < 4.78 is 22.0. The Bertz CT molecular complexity index is 1310. The number of carbonyl (C=O) groups excluding carboxylic acids is 2. The Labute approximate surface area is 207 Å². The molecule has 0 aromatic heterocycles. The second-order valence-electron chi connectivity index (χ2n) is 7.29. The van der Waals surface area contributed by atoms with Gasteiger partial charge in [0.2, 0.25) is 5.75 Å². The predicted molar refractivity (Wildman–Crippen MR) is 135 cm³/mol. The first-order chi connectivity index (χ1) is 17.0. The summed E-state index contributed by atoms with van der Waals surface area (Å²) in [5.41, 5.74) is 0.822. The van der Waals surface area contributed by atoms with Gasteiger partial charge in [0.15, 0.2) is 16.6 Å². The summed E-state index contributed by atoms with van der Waals surface area (Å²) in [5.74, 6) is 1.20. The Kier molecular flexibility index (Phi) is 6.98. The smallest absolute Gasteiger partial charge is 0.270 e. The second kappa shape index (κ2) is 10.3. The van der Waals surface area contributed by atoms with Gasteiger partial charge >= 0.3 is 0 Å². The maximum atomic E-state index is 13.4. The lowest BCUT2D eigenvalue weighted by Crippen LogP contribution is -2.54. The van der Waals surface area contributed by atoms with Gasteiger partial charge in [-0.3, -0.25) is 19.8 Å². The lowest BCUT2D eigenvalue weighted by Gasteiger charge is -2.29. The largest absolute Gasteiger partial charge is 0.493 e. The van der Waals surface area contributed by atoms with Crippen molar-refractivity contribution in [2.24, 2.45) is 0 Å². The van der Waals surface area contributed by atoms with Crippen LogP contribution in [0, 0.1) is 0 Å².